The van der Waals surface area contributed by atoms with Crippen LogP contribution in [0.3, 0.4) is 0 Å². The zero-order valence-corrected chi connectivity index (χ0v) is 15.2. The normalized spacial score (nSPS) is 16.3. The van der Waals surface area contributed by atoms with E-state index < -0.39 is 0 Å². The van der Waals surface area contributed by atoms with Crippen molar-refractivity contribution < 1.29 is 19.2 Å². The van der Waals surface area contributed by atoms with Crippen LogP contribution in [-0.2, 0) is 9.53 Å². The van der Waals surface area contributed by atoms with Crippen LogP contribution < -0.4 is 10.2 Å². The largest absolute Gasteiger partial charge is 0.370 e. The molecule has 1 aliphatic heterocycles. The average Bonchev–Trinajstić information content (AvgIpc) is 2.98. The molecule has 1 amide bonds. The summed E-state index contributed by atoms with van der Waals surface area (Å²) in [5, 5.41) is 2.96. The Bertz CT molecular complexity index is 553. The van der Waals surface area contributed by atoms with Gasteiger partial charge in [0.2, 0.25) is 5.91 Å². The van der Waals surface area contributed by atoms with E-state index in [4.69, 9.17) is 16.3 Å². The van der Waals surface area contributed by atoms with Crippen LogP contribution in [0.2, 0.25) is 4.34 Å². The first kappa shape index (κ1) is 18.4. The maximum atomic E-state index is 12.0. The van der Waals surface area contributed by atoms with Gasteiger partial charge in [0.25, 0.3) is 0 Å². The second-order valence-electron chi connectivity index (χ2n) is 6.40. The van der Waals surface area contributed by atoms with Crippen LogP contribution in [0.25, 0.3) is 0 Å². The zero-order valence-electron chi connectivity index (χ0n) is 13.6. The molecule has 1 aromatic rings. The van der Waals surface area contributed by atoms with Gasteiger partial charge in [0.15, 0.2) is 5.78 Å². The Morgan fingerprint density at radius 1 is 1.30 bits per heavy atom. The molecule has 1 fully saturated rings. The second-order valence-corrected chi connectivity index (χ2v) is 8.12. The minimum Gasteiger partial charge on any atom is -0.370 e. The predicted molar refractivity (Wildman–Crippen MR) is 91.5 cm³/mol. The number of carbonyl (C=O) groups excluding carboxylic acids is 2. The number of halogens is 1. The highest BCUT2D eigenvalue weighted by atomic mass is 35.5. The summed E-state index contributed by atoms with van der Waals surface area (Å²) in [5.41, 5.74) is -0.0370. The number of nitrogens with one attached hydrogen (secondary N) is 2. The highest BCUT2D eigenvalue weighted by Gasteiger charge is 2.32. The maximum absolute atomic E-state index is 12.0. The van der Waals surface area contributed by atoms with Crippen molar-refractivity contribution >= 4 is 34.6 Å². The zero-order chi connectivity index (χ0) is 16.9. The van der Waals surface area contributed by atoms with Gasteiger partial charge in [0.1, 0.15) is 18.6 Å². The Labute approximate surface area is 145 Å². The lowest BCUT2D eigenvalue weighted by Crippen LogP contribution is -3.22. The lowest BCUT2D eigenvalue weighted by Gasteiger charge is -2.37. The smallest absolute Gasteiger partial charge is 0.220 e. The van der Waals surface area contributed by atoms with Crippen LogP contribution in [-0.4, -0.2) is 50.1 Å². The molecule has 1 saturated heterocycles. The number of ketones is 1. The Morgan fingerprint density at radius 2 is 2.00 bits per heavy atom. The van der Waals surface area contributed by atoms with Gasteiger partial charge in [-0.05, 0) is 26.0 Å². The van der Waals surface area contributed by atoms with Gasteiger partial charge < -0.3 is 15.0 Å². The van der Waals surface area contributed by atoms with Gasteiger partial charge in [-0.2, -0.15) is 0 Å². The molecule has 5 nitrogen and oxygen atoms in total. The maximum Gasteiger partial charge on any atom is 0.220 e. The second kappa shape index (κ2) is 8.24. The summed E-state index contributed by atoms with van der Waals surface area (Å²) in [7, 11) is 0. The van der Waals surface area contributed by atoms with Gasteiger partial charge >= 0.3 is 0 Å². The van der Waals surface area contributed by atoms with Crippen LogP contribution >= 0.6 is 22.9 Å². The van der Waals surface area contributed by atoms with Crippen molar-refractivity contribution in [3.05, 3.63) is 21.3 Å². The first-order valence-electron chi connectivity index (χ1n) is 7.86. The highest BCUT2D eigenvalue weighted by Crippen LogP contribution is 2.22. The van der Waals surface area contributed by atoms with E-state index in [2.05, 4.69) is 19.2 Å². The number of quaternary nitrogens is 1. The summed E-state index contributed by atoms with van der Waals surface area (Å²) in [5.74, 6) is -0.114. The van der Waals surface area contributed by atoms with Crippen molar-refractivity contribution in [3.8, 4) is 0 Å². The number of hydrogen-bond acceptors (Lipinski definition) is 4. The van der Waals surface area contributed by atoms with E-state index in [9.17, 15) is 9.59 Å². The minimum atomic E-state index is -0.0817. The van der Waals surface area contributed by atoms with Crippen LogP contribution in [0.15, 0.2) is 12.1 Å². The molecule has 2 rings (SSSR count). The van der Waals surface area contributed by atoms with E-state index in [1.54, 1.807) is 12.1 Å². The van der Waals surface area contributed by atoms with Gasteiger partial charge in [0, 0.05) is 12.8 Å². The van der Waals surface area contributed by atoms with Crippen LogP contribution in [0.4, 0.5) is 0 Å². The molecule has 0 bridgehead atoms. The predicted octanol–water partition coefficient (Wildman–Crippen LogP) is 1.17. The molecule has 1 aliphatic rings. The summed E-state index contributed by atoms with van der Waals surface area (Å²) in [4.78, 5) is 26.0. The van der Waals surface area contributed by atoms with E-state index in [-0.39, 0.29) is 30.1 Å². The number of rotatable bonds is 7. The van der Waals surface area contributed by atoms with Crippen molar-refractivity contribution in [3.63, 3.8) is 0 Å². The average molecular weight is 360 g/mol. The van der Waals surface area contributed by atoms with Crippen molar-refractivity contribution in [1.82, 2.24) is 5.32 Å². The molecule has 0 atom stereocenters. The van der Waals surface area contributed by atoms with Crippen LogP contribution in [0.1, 0.15) is 36.4 Å². The summed E-state index contributed by atoms with van der Waals surface area (Å²) < 4.78 is 5.97. The lowest BCUT2D eigenvalue weighted by atomic mass is 10.0. The first-order chi connectivity index (χ1) is 10.9. The van der Waals surface area contributed by atoms with E-state index in [0.29, 0.717) is 15.8 Å². The summed E-state index contributed by atoms with van der Waals surface area (Å²) in [6.45, 7) is 8.34. The molecule has 0 spiro atoms. The van der Waals surface area contributed by atoms with Gasteiger partial charge in [-0.3, -0.25) is 9.59 Å². The van der Waals surface area contributed by atoms with Gasteiger partial charge in [-0.1, -0.05) is 11.6 Å². The first-order valence-corrected chi connectivity index (χ1v) is 9.06. The van der Waals surface area contributed by atoms with Gasteiger partial charge in [-0.25, -0.2) is 0 Å². The van der Waals surface area contributed by atoms with E-state index in [1.165, 1.54) is 16.2 Å². The highest BCUT2D eigenvalue weighted by molar-refractivity contribution is 7.18. The summed E-state index contributed by atoms with van der Waals surface area (Å²) in [6, 6.07) is 3.41. The molecule has 0 saturated carbocycles. The van der Waals surface area contributed by atoms with E-state index >= 15 is 0 Å². The quantitative estimate of drug-likeness (QED) is 0.719. The van der Waals surface area contributed by atoms with Crippen molar-refractivity contribution in [2.24, 2.45) is 0 Å². The summed E-state index contributed by atoms with van der Waals surface area (Å²) >= 11 is 7.07. The SMILES string of the molecule is CC(C)(CNC(=O)CCC(=O)c1ccc(Cl)s1)[NH+]1CCOCC1. The molecule has 23 heavy (non-hydrogen) atoms. The minimum absolute atomic E-state index is 0.0323. The molecule has 0 unspecified atom stereocenters. The molecule has 128 valence electrons. The van der Waals surface area contributed by atoms with Gasteiger partial charge in [-0.15, -0.1) is 11.3 Å². The third kappa shape index (κ3) is 5.57. The number of Topliss-reactive ketones (excluding diaryl/α,β-unsaturated/α-hetero) is 1. The molecular weight excluding hydrogens is 336 g/mol. The molecule has 2 heterocycles. The molecule has 0 aromatic carbocycles. The Kier molecular flexibility index (Phi) is 6.59. The Balaban J connectivity index is 1.73. The Hall–Kier alpha value is -0.950. The summed E-state index contributed by atoms with van der Waals surface area (Å²) in [6.07, 6.45) is 0.427. The fraction of sp³-hybridized carbons (Fsp3) is 0.625. The Morgan fingerprint density at radius 3 is 2.61 bits per heavy atom. The number of morpholine rings is 1. The van der Waals surface area contributed by atoms with Crippen molar-refractivity contribution in [2.75, 3.05) is 32.8 Å². The number of carbonyl (C=O) groups is 2. The molecule has 0 radical (unpaired) electrons. The molecule has 7 heteroatoms. The van der Waals surface area contributed by atoms with E-state index in [1.807, 2.05) is 0 Å². The number of hydrogen-bond donors (Lipinski definition) is 2. The molecule has 1 aromatic heterocycles. The van der Waals surface area contributed by atoms with Crippen LogP contribution in [0.5, 0.6) is 0 Å². The van der Waals surface area contributed by atoms with Gasteiger partial charge in [0.05, 0.1) is 29.0 Å². The molecule has 0 aliphatic carbocycles. The fourth-order valence-corrected chi connectivity index (χ4v) is 3.65. The monoisotopic (exact) mass is 359 g/mol. The van der Waals surface area contributed by atoms with E-state index in [0.717, 1.165) is 26.3 Å². The number of thiophene rings is 1. The standard InChI is InChI=1S/C16H23ClN2O3S/c1-16(2,19-7-9-22-10-8-19)11-18-15(21)6-3-12(20)13-4-5-14(17)23-13/h4-5H,3,6-11H2,1-2H3,(H,18,21)/p+1. The topological polar surface area (TPSA) is 59.8 Å². The third-order valence-electron chi connectivity index (χ3n) is 4.21. The molecule has 2 N–H and O–H groups in total. The van der Waals surface area contributed by atoms with Crippen LogP contribution in [0, 0.1) is 0 Å². The lowest BCUT2D eigenvalue weighted by molar-refractivity contribution is -0.954. The third-order valence-corrected chi connectivity index (χ3v) is 5.48. The fourth-order valence-electron chi connectivity index (χ4n) is 2.64. The van der Waals surface area contributed by atoms with Crippen molar-refractivity contribution in [2.45, 2.75) is 32.2 Å². The molecular formula is C16H24ClN2O3S+. The van der Waals surface area contributed by atoms with Crippen molar-refractivity contribution in [1.29, 1.82) is 0 Å². The number of amides is 1. The number of ether oxygens (including phenoxy) is 1.